The predicted molar refractivity (Wildman–Crippen MR) is 78.1 cm³/mol. The number of ether oxygens (including phenoxy) is 2. The molecule has 0 bridgehead atoms. The molecule has 2 aliphatic rings. The number of hydrogen-bond acceptors (Lipinski definition) is 6. The average molecular weight is 301 g/mol. The van der Waals surface area contributed by atoms with Crippen LogP contribution >= 0.6 is 0 Å². The second kappa shape index (κ2) is 8.65. The van der Waals surface area contributed by atoms with Gasteiger partial charge in [-0.15, -0.1) is 0 Å². The number of nitrogens with one attached hydrogen (secondary N) is 1. The first-order valence-corrected chi connectivity index (χ1v) is 7.75. The van der Waals surface area contributed by atoms with Crippen molar-refractivity contribution in [1.29, 1.82) is 0 Å². The van der Waals surface area contributed by atoms with Gasteiger partial charge in [0, 0.05) is 39.3 Å². The zero-order valence-electron chi connectivity index (χ0n) is 12.8. The van der Waals surface area contributed by atoms with Gasteiger partial charge in [0.05, 0.1) is 38.6 Å². The van der Waals surface area contributed by atoms with Gasteiger partial charge in [-0.25, -0.2) is 0 Å². The minimum atomic E-state index is -0.469. The van der Waals surface area contributed by atoms with Gasteiger partial charge in [-0.2, -0.15) is 0 Å². The Hall–Kier alpha value is -0.730. The fourth-order valence-corrected chi connectivity index (χ4v) is 2.60. The molecule has 2 saturated heterocycles. The summed E-state index contributed by atoms with van der Waals surface area (Å²) >= 11 is 0. The number of hydrogen-bond donors (Lipinski definition) is 2. The summed E-state index contributed by atoms with van der Waals surface area (Å²) in [6.07, 6.45) is -0.469. The highest BCUT2D eigenvalue weighted by Crippen LogP contribution is 2.02. The number of β-amino-alcohol motifs (C(OH)–C–C–N with tert-alkyl or cyclic N) is 1. The Bertz CT molecular complexity index is 317. The van der Waals surface area contributed by atoms with Crippen molar-refractivity contribution in [3.63, 3.8) is 0 Å². The van der Waals surface area contributed by atoms with Crippen molar-refractivity contribution in [2.45, 2.75) is 19.1 Å². The number of morpholine rings is 2. The molecule has 0 saturated carbocycles. The Morgan fingerprint density at radius 2 is 1.71 bits per heavy atom. The van der Waals surface area contributed by atoms with E-state index in [1.165, 1.54) is 0 Å². The Morgan fingerprint density at radius 1 is 1.14 bits per heavy atom. The first-order valence-electron chi connectivity index (χ1n) is 7.75. The molecule has 0 aromatic heterocycles. The van der Waals surface area contributed by atoms with Crippen LogP contribution in [0.2, 0.25) is 0 Å². The maximum Gasteiger partial charge on any atom is 0.239 e. The highest BCUT2D eigenvalue weighted by atomic mass is 16.5. The van der Waals surface area contributed by atoms with Crippen LogP contribution in [-0.2, 0) is 14.3 Å². The summed E-state index contributed by atoms with van der Waals surface area (Å²) in [7, 11) is 0. The molecule has 2 fully saturated rings. The molecule has 7 nitrogen and oxygen atoms in total. The van der Waals surface area contributed by atoms with E-state index in [1.807, 2.05) is 11.8 Å². The molecule has 122 valence electrons. The second-order valence-corrected chi connectivity index (χ2v) is 5.63. The number of aliphatic hydroxyl groups is 1. The number of carbonyl (C=O) groups excluding carboxylic acids is 1. The molecule has 0 aromatic carbocycles. The van der Waals surface area contributed by atoms with Crippen molar-refractivity contribution in [3.05, 3.63) is 0 Å². The number of nitrogens with zero attached hydrogens (tertiary/aromatic N) is 2. The molecule has 2 rings (SSSR count). The molecule has 2 N–H and O–H groups in total. The van der Waals surface area contributed by atoms with Gasteiger partial charge in [-0.05, 0) is 6.92 Å². The van der Waals surface area contributed by atoms with Gasteiger partial charge < -0.3 is 24.8 Å². The Labute approximate surface area is 126 Å². The topological polar surface area (TPSA) is 74.3 Å². The molecular weight excluding hydrogens is 274 g/mol. The van der Waals surface area contributed by atoms with Crippen LogP contribution in [0.25, 0.3) is 0 Å². The van der Waals surface area contributed by atoms with Gasteiger partial charge in [0.1, 0.15) is 0 Å². The molecule has 2 atom stereocenters. The summed E-state index contributed by atoms with van der Waals surface area (Å²) in [5, 5.41) is 13.2. The van der Waals surface area contributed by atoms with Crippen molar-refractivity contribution >= 4 is 5.91 Å². The molecule has 21 heavy (non-hydrogen) atoms. The standard InChI is InChI=1S/C14H27N3O4/c1-12(14(19)17-4-8-21-9-5-17)15-10-13(18)11-16-2-6-20-7-3-16/h12-13,15,18H,2-11H2,1H3. The normalized spacial score (nSPS) is 23.8. The SMILES string of the molecule is CC(NCC(O)CN1CCOCC1)C(=O)N1CCOCC1. The highest BCUT2D eigenvalue weighted by Gasteiger charge is 2.23. The van der Waals surface area contributed by atoms with Gasteiger partial charge in [0.2, 0.25) is 5.91 Å². The van der Waals surface area contributed by atoms with E-state index >= 15 is 0 Å². The molecule has 2 heterocycles. The van der Waals surface area contributed by atoms with Crippen LogP contribution in [0.3, 0.4) is 0 Å². The Kier molecular flexibility index (Phi) is 6.85. The van der Waals surface area contributed by atoms with Crippen LogP contribution in [0.1, 0.15) is 6.92 Å². The third-order valence-electron chi connectivity index (χ3n) is 3.93. The third kappa shape index (κ3) is 5.52. The zero-order valence-corrected chi connectivity index (χ0v) is 12.8. The van der Waals surface area contributed by atoms with Gasteiger partial charge in [0.25, 0.3) is 0 Å². The van der Waals surface area contributed by atoms with E-state index in [9.17, 15) is 9.90 Å². The lowest BCUT2D eigenvalue weighted by Gasteiger charge is -2.31. The van der Waals surface area contributed by atoms with Gasteiger partial charge in [0.15, 0.2) is 0 Å². The summed E-state index contributed by atoms with van der Waals surface area (Å²) in [6, 6.07) is -0.276. The van der Waals surface area contributed by atoms with Gasteiger partial charge in [-0.1, -0.05) is 0 Å². The highest BCUT2D eigenvalue weighted by molar-refractivity contribution is 5.81. The summed E-state index contributed by atoms with van der Waals surface area (Å²) in [4.78, 5) is 16.2. The van der Waals surface area contributed by atoms with E-state index in [4.69, 9.17) is 9.47 Å². The lowest BCUT2D eigenvalue weighted by molar-refractivity contribution is -0.137. The van der Waals surface area contributed by atoms with E-state index < -0.39 is 6.10 Å². The fourth-order valence-electron chi connectivity index (χ4n) is 2.60. The van der Waals surface area contributed by atoms with Crippen LogP contribution in [-0.4, -0.2) is 98.7 Å². The minimum absolute atomic E-state index is 0.0804. The molecule has 2 aliphatic heterocycles. The Balaban J connectivity index is 1.64. The average Bonchev–Trinajstić information content (AvgIpc) is 2.53. The Morgan fingerprint density at radius 3 is 2.33 bits per heavy atom. The maximum absolute atomic E-state index is 12.2. The number of rotatable bonds is 6. The molecule has 0 aromatic rings. The molecule has 1 amide bonds. The number of carbonyl (C=O) groups is 1. The van der Waals surface area contributed by atoms with E-state index in [2.05, 4.69) is 10.2 Å². The van der Waals surface area contributed by atoms with E-state index in [0.29, 0.717) is 39.4 Å². The van der Waals surface area contributed by atoms with Crippen molar-refractivity contribution in [3.8, 4) is 0 Å². The van der Waals surface area contributed by atoms with E-state index in [0.717, 1.165) is 26.3 Å². The largest absolute Gasteiger partial charge is 0.390 e. The third-order valence-corrected chi connectivity index (χ3v) is 3.93. The fraction of sp³-hybridized carbons (Fsp3) is 0.929. The molecule has 0 radical (unpaired) electrons. The lowest BCUT2D eigenvalue weighted by Crippen LogP contribution is -2.51. The van der Waals surface area contributed by atoms with Crippen molar-refractivity contribution < 1.29 is 19.4 Å². The molecule has 0 aliphatic carbocycles. The molecule has 2 unspecified atom stereocenters. The summed E-state index contributed by atoms with van der Waals surface area (Å²) in [5.41, 5.74) is 0. The first kappa shape index (κ1) is 16.6. The zero-order chi connectivity index (χ0) is 15.1. The quantitative estimate of drug-likeness (QED) is 0.623. The summed E-state index contributed by atoms with van der Waals surface area (Å²) in [6.45, 7) is 8.60. The van der Waals surface area contributed by atoms with Gasteiger partial charge in [-0.3, -0.25) is 9.69 Å². The van der Waals surface area contributed by atoms with E-state index in [1.54, 1.807) is 0 Å². The van der Waals surface area contributed by atoms with Crippen LogP contribution < -0.4 is 5.32 Å². The number of amides is 1. The minimum Gasteiger partial charge on any atom is -0.390 e. The first-order chi connectivity index (χ1) is 10.2. The van der Waals surface area contributed by atoms with E-state index in [-0.39, 0.29) is 11.9 Å². The van der Waals surface area contributed by atoms with Crippen LogP contribution in [0.15, 0.2) is 0 Å². The monoisotopic (exact) mass is 301 g/mol. The molecule has 7 heteroatoms. The summed E-state index contributed by atoms with van der Waals surface area (Å²) < 4.78 is 10.5. The van der Waals surface area contributed by atoms with Gasteiger partial charge >= 0.3 is 0 Å². The second-order valence-electron chi connectivity index (χ2n) is 5.63. The predicted octanol–water partition coefficient (Wildman–Crippen LogP) is -1.48. The molecular formula is C14H27N3O4. The lowest BCUT2D eigenvalue weighted by atomic mass is 10.2. The summed E-state index contributed by atoms with van der Waals surface area (Å²) in [5.74, 6) is 0.0804. The van der Waals surface area contributed by atoms with Crippen LogP contribution in [0.5, 0.6) is 0 Å². The van der Waals surface area contributed by atoms with Crippen LogP contribution in [0, 0.1) is 0 Å². The smallest absolute Gasteiger partial charge is 0.239 e. The van der Waals surface area contributed by atoms with Crippen molar-refractivity contribution in [2.75, 3.05) is 65.7 Å². The van der Waals surface area contributed by atoms with Crippen molar-refractivity contribution in [1.82, 2.24) is 15.1 Å². The van der Waals surface area contributed by atoms with Crippen LogP contribution in [0.4, 0.5) is 0 Å². The molecule has 0 spiro atoms. The number of aliphatic hydroxyl groups excluding tert-OH is 1. The maximum atomic E-state index is 12.2. The van der Waals surface area contributed by atoms with Crippen molar-refractivity contribution in [2.24, 2.45) is 0 Å².